The van der Waals surface area contributed by atoms with E-state index in [-0.39, 0.29) is 222 Å². The van der Waals surface area contributed by atoms with Crippen molar-refractivity contribution in [2.45, 2.75) is 26.5 Å². The number of anilines is 2. The van der Waals surface area contributed by atoms with Gasteiger partial charge in [-0.25, -0.2) is 16.8 Å². The van der Waals surface area contributed by atoms with Crippen LogP contribution >= 0.6 is 58.9 Å². The summed E-state index contributed by atoms with van der Waals surface area (Å²) in [6, 6.07) is 18.6. The Bertz CT molecular complexity index is 3670. The van der Waals surface area contributed by atoms with Gasteiger partial charge in [0.1, 0.15) is 43.0 Å². The molecule has 34 heteroatoms. The fourth-order valence-corrected chi connectivity index (χ4v) is 9.51. The summed E-state index contributed by atoms with van der Waals surface area (Å²) in [6.07, 6.45) is 0. The third-order valence-electron chi connectivity index (χ3n) is 9.94. The number of aromatic hydroxyl groups is 2. The molecule has 23 nitrogen and oxygen atoms in total. The maximum Gasteiger partial charge on any atom is 1.00 e. The Kier molecular flexibility index (Phi) is 26.4. The molecule has 7 rings (SSSR count). The van der Waals surface area contributed by atoms with Crippen LogP contribution < -0.4 is 144 Å². The zero-order chi connectivity index (χ0) is 52.2. The molecule has 374 valence electrons. The van der Waals surface area contributed by atoms with E-state index in [1.807, 2.05) is 0 Å². The van der Waals surface area contributed by atoms with Crippen molar-refractivity contribution in [1.82, 2.24) is 0 Å². The number of carbonyl (C=O) groups is 2. The van der Waals surface area contributed by atoms with Gasteiger partial charge in [0, 0.05) is 21.7 Å². The number of nitrogens with zero attached hydrogens (tertiary/aromatic N) is 4. The molecule has 0 radical (unpaired) electrons. The van der Waals surface area contributed by atoms with Crippen molar-refractivity contribution in [3.63, 3.8) is 0 Å². The number of fused-ring (bicyclic) bond motifs is 2. The third-order valence-corrected chi connectivity index (χ3v) is 13.9. The van der Waals surface area contributed by atoms with Gasteiger partial charge in [0.25, 0.3) is 11.8 Å². The van der Waals surface area contributed by atoms with Gasteiger partial charge in [0.15, 0.2) is 11.5 Å². The molecule has 0 aromatic heterocycles. The minimum absolute atomic E-state index is 0. The van der Waals surface area contributed by atoms with Crippen molar-refractivity contribution in [1.29, 1.82) is 0 Å². The summed E-state index contributed by atoms with van der Waals surface area (Å²) in [6.45, 7) is 1.48. The smallest absolute Gasteiger partial charge is 0.744 e. The van der Waals surface area contributed by atoms with Gasteiger partial charge in [0.2, 0.25) is 0 Å². The molecule has 0 fully saturated rings. The van der Waals surface area contributed by atoms with E-state index < -0.39 is 64.7 Å². The summed E-state index contributed by atoms with van der Waals surface area (Å²) in [5.41, 5.74) is -2.07. The van der Waals surface area contributed by atoms with E-state index in [4.69, 9.17) is 39.5 Å². The van der Waals surface area contributed by atoms with Gasteiger partial charge in [-0.05, 0) is 90.0 Å². The second kappa shape index (κ2) is 29.5. The number of benzene rings is 7. The zero-order valence-corrected chi connectivity index (χ0v) is 53.3. The number of halogens is 3. The molecule has 0 saturated heterocycles. The van der Waals surface area contributed by atoms with Crippen molar-refractivity contribution in [2.75, 3.05) is 17.7 Å². The van der Waals surface area contributed by atoms with Crippen molar-refractivity contribution in [3.8, 4) is 17.2 Å². The maximum absolute atomic E-state index is 13.5. The number of carbonyl (C=O) groups excluding carboxylic acids is 2. The van der Waals surface area contributed by atoms with Crippen LogP contribution in [0.5, 0.6) is 17.2 Å². The predicted octanol–water partition coefficient (Wildman–Crippen LogP) is -2.70. The van der Waals surface area contributed by atoms with Gasteiger partial charge in [0.05, 0.1) is 89.1 Å². The van der Waals surface area contributed by atoms with Gasteiger partial charge in [-0.3, -0.25) is 19.7 Å². The van der Waals surface area contributed by atoms with E-state index in [0.29, 0.717) is 12.0 Å². The van der Waals surface area contributed by atoms with Crippen molar-refractivity contribution in [3.05, 3.63) is 123 Å². The Morgan fingerprint density at radius 1 is 0.632 bits per heavy atom. The van der Waals surface area contributed by atoms with Crippen LogP contribution in [0.1, 0.15) is 26.3 Å². The molecule has 0 bridgehead atoms. The average Bonchev–Trinajstić information content (AvgIpc) is 3.32. The number of ether oxygens (including phenoxy) is 1. The monoisotopic (exact) mass is 1210 g/mol. The van der Waals surface area contributed by atoms with Crippen LogP contribution in [0.15, 0.2) is 131 Å². The molecule has 0 aliphatic rings. The molecule has 0 heterocycles. The van der Waals surface area contributed by atoms with E-state index in [1.54, 1.807) is 6.07 Å². The first-order valence-electron chi connectivity index (χ1n) is 19.3. The van der Waals surface area contributed by atoms with Gasteiger partial charge < -0.3 is 45.2 Å². The fourth-order valence-electron chi connectivity index (χ4n) is 6.78. The van der Waals surface area contributed by atoms with Gasteiger partial charge in [-0.1, -0.05) is 53.0 Å². The Balaban J connectivity index is 0.00000380. The first kappa shape index (κ1) is 68.0. The number of azo groups is 2. The number of nitrogens with one attached hydrogen (secondary N) is 2. The van der Waals surface area contributed by atoms with E-state index >= 15 is 0 Å². The Hall–Kier alpha value is -2.25. The van der Waals surface area contributed by atoms with E-state index in [2.05, 4.69) is 49.8 Å². The van der Waals surface area contributed by atoms with Crippen molar-refractivity contribution >= 4 is 147 Å². The molecule has 0 atom stereocenters. The van der Waals surface area contributed by atoms with Crippen LogP contribution in [-0.4, -0.2) is 55.1 Å². The number of hydrogen-bond donors (Lipinski definition) is 4. The minimum Gasteiger partial charge on any atom is -0.744 e. The van der Waals surface area contributed by atoms with Crippen LogP contribution in [-0.2, 0) is 39.0 Å². The number of hydrogen-bond acceptors (Lipinski definition) is 23. The number of phenolic OH excluding ortho intramolecular Hbond substituents is 2. The quantitative estimate of drug-likeness (QED) is 0.0180. The third kappa shape index (κ3) is 15.8. The summed E-state index contributed by atoms with van der Waals surface area (Å²) in [7, 11) is -9.44. The summed E-state index contributed by atoms with van der Waals surface area (Å²) < 4.78 is 89.0. The summed E-state index contributed by atoms with van der Waals surface area (Å²) in [5.74, 6) is -3.58. The van der Waals surface area contributed by atoms with Crippen LogP contribution in [0.3, 0.4) is 0 Å². The molecule has 0 aliphatic carbocycles. The summed E-state index contributed by atoms with van der Waals surface area (Å²) in [4.78, 5) is 24.7. The molecular weight excluding hydrogens is 1190 g/mol. The van der Waals surface area contributed by atoms with Gasteiger partial charge in [-0.2, -0.15) is 8.67 Å². The number of aryl methyl sites for hydroxylation is 1. The van der Waals surface area contributed by atoms with Gasteiger partial charge in [-0.15, -0.1) is 20.5 Å². The van der Waals surface area contributed by atoms with Gasteiger partial charge >= 0.3 is 118 Å². The molecular formula is C42H25Cl3N6Na4O17S4. The second-order valence-corrected chi connectivity index (χ2v) is 19.8. The minimum atomic E-state index is -5.46. The molecule has 4 N–H and O–H groups in total. The predicted molar refractivity (Wildman–Crippen MR) is 253 cm³/mol. The molecule has 0 aliphatic heterocycles. The van der Waals surface area contributed by atoms with Crippen molar-refractivity contribution in [2.24, 2.45) is 20.5 Å². The molecule has 0 saturated carbocycles. The van der Waals surface area contributed by atoms with E-state index in [0.717, 1.165) is 24.3 Å². The topological polar surface area (TPSA) is 355 Å². The van der Waals surface area contributed by atoms with E-state index in [1.165, 1.54) is 74.7 Å². The first-order chi connectivity index (χ1) is 34.1. The molecule has 0 unspecified atom stereocenters. The molecule has 76 heavy (non-hydrogen) atoms. The second-order valence-electron chi connectivity index (χ2n) is 14.3. The number of rotatable bonds is 17. The normalized spacial score (nSPS) is 11.4. The van der Waals surface area contributed by atoms with E-state index in [9.17, 15) is 56.3 Å². The Morgan fingerprint density at radius 3 is 1.80 bits per heavy atom. The zero-order valence-electron chi connectivity index (χ0n) is 39.7. The van der Waals surface area contributed by atoms with Crippen LogP contribution in [0.2, 0.25) is 15.1 Å². The van der Waals surface area contributed by atoms with Crippen LogP contribution in [0, 0.1) is 6.92 Å². The number of methoxy groups -OCH3 is 1. The first-order valence-corrected chi connectivity index (χ1v) is 24.8. The summed E-state index contributed by atoms with van der Waals surface area (Å²) >= 11 is 19.1. The number of amides is 2. The standard InChI is InChI=1S/C42H29Cl3N6O17S4.4Na/c1-18-10-28(49-50-37-32(70-68-66-57)13-20-12-22(71(58,59)60)16-30(35(20)39(37)52)47-41(54)23-6-3-4-8-25(23)43)31(64-2)17-27(18)48-51-38-33(72(61,62)63)14-19-11-21(69-67-65-56)15-29(34(19)40(38)53)46-42(55)24-7-5-9-26(44)36(24)45;;;;/h3-17,52-53,56-57H,1-2H3,(H,46,55)(H,47,54)(H,58,59,60)(H,61,62,63);;;;/q;4*+1/p-4. The largest absolute Gasteiger partial charge is 1.00 e. The molecule has 2 amide bonds. The van der Waals surface area contributed by atoms with Crippen LogP contribution in [0.4, 0.5) is 34.1 Å². The fraction of sp³-hybridized carbons (Fsp3) is 0.0476. The summed E-state index contributed by atoms with van der Waals surface area (Å²) in [5, 5.41) is 72.2. The van der Waals surface area contributed by atoms with Crippen LogP contribution in [0.25, 0.3) is 21.5 Å². The SMILES string of the molecule is COc1cc(N=Nc2c(S(=O)(=O)[O-])cc3cc(SOO[O-])cc(NC(=O)c4cccc(Cl)c4Cl)c3c2O)c(C)cc1N=Nc1c(SOO[O-])cc2cc(S(=O)(=O)[O-])cc(NC(=O)c3ccccc3Cl)c2c1O.[Na+].[Na+].[Na+].[Na+]. The average molecular weight is 1210 g/mol. The Morgan fingerprint density at radius 2 is 1.18 bits per heavy atom. The number of phenols is 2. The van der Waals surface area contributed by atoms with Crippen molar-refractivity contribution < 1.29 is 198 Å². The molecule has 0 spiro atoms. The molecule has 7 aromatic rings. The maximum atomic E-state index is 13.5. The molecule has 7 aromatic carbocycles. The Labute approximate surface area is 542 Å².